The Kier molecular flexibility index (Phi) is 6.96. The maximum Gasteiger partial charge on any atom is 0.153 e. The molecule has 7 heteroatoms. The molecule has 0 spiro atoms. The number of nitrogens with zero attached hydrogens (tertiary/aromatic N) is 5. The van der Waals surface area contributed by atoms with E-state index in [4.69, 9.17) is 14.6 Å². The predicted octanol–water partition coefficient (Wildman–Crippen LogP) is 2.90. The maximum atomic E-state index is 6.21. The van der Waals surface area contributed by atoms with Crippen molar-refractivity contribution < 1.29 is 9.47 Å². The molecule has 3 aromatic rings. The van der Waals surface area contributed by atoms with E-state index < -0.39 is 0 Å². The van der Waals surface area contributed by atoms with Gasteiger partial charge in [-0.05, 0) is 50.6 Å². The van der Waals surface area contributed by atoms with Gasteiger partial charge in [-0.25, -0.2) is 9.50 Å². The molecule has 2 saturated heterocycles. The van der Waals surface area contributed by atoms with Crippen LogP contribution >= 0.6 is 0 Å². The van der Waals surface area contributed by atoms with Crippen molar-refractivity contribution >= 4 is 5.65 Å². The SMILES string of the molecule is c1ccc(OCCN2CCCC2)c(CN2CCOC[C@@H](Cc3ccc4nccn4n3)C2)c1. The highest BCUT2D eigenvalue weighted by atomic mass is 16.5. The molecule has 2 fully saturated rings. The molecule has 0 N–H and O–H groups in total. The minimum Gasteiger partial charge on any atom is -0.492 e. The molecule has 2 aliphatic heterocycles. The first-order valence-electron chi connectivity index (χ1n) is 11.9. The largest absolute Gasteiger partial charge is 0.492 e. The Labute approximate surface area is 189 Å². The van der Waals surface area contributed by atoms with Crippen molar-refractivity contribution in [2.24, 2.45) is 5.92 Å². The van der Waals surface area contributed by atoms with Gasteiger partial charge in [0.15, 0.2) is 5.65 Å². The molecule has 2 aromatic heterocycles. The molecule has 170 valence electrons. The topological polar surface area (TPSA) is 55.1 Å². The first-order chi connectivity index (χ1) is 15.8. The van der Waals surface area contributed by atoms with Gasteiger partial charge in [0, 0.05) is 50.1 Å². The Morgan fingerprint density at radius 3 is 2.88 bits per heavy atom. The summed E-state index contributed by atoms with van der Waals surface area (Å²) in [6, 6.07) is 12.6. The summed E-state index contributed by atoms with van der Waals surface area (Å²) in [5.74, 6) is 1.43. The number of imidazole rings is 1. The molecule has 0 saturated carbocycles. The monoisotopic (exact) mass is 435 g/mol. The number of ether oxygens (including phenoxy) is 2. The minimum absolute atomic E-state index is 0.411. The summed E-state index contributed by atoms with van der Waals surface area (Å²) in [6.07, 6.45) is 7.22. The highest BCUT2D eigenvalue weighted by Crippen LogP contribution is 2.22. The predicted molar refractivity (Wildman–Crippen MR) is 124 cm³/mol. The molecule has 0 amide bonds. The van der Waals surface area contributed by atoms with Crippen LogP contribution in [0.25, 0.3) is 5.65 Å². The summed E-state index contributed by atoms with van der Waals surface area (Å²) in [5.41, 5.74) is 3.22. The molecule has 7 nitrogen and oxygen atoms in total. The standard InChI is InChI=1S/C25H33N5O2/c1-2-6-24(32-16-14-28-10-3-4-11-28)22(5-1)19-29-13-15-31-20-21(18-29)17-23-7-8-25-26-9-12-30(25)27-23/h1-2,5-9,12,21H,3-4,10-11,13-20H2/t21-/m0/s1. The first kappa shape index (κ1) is 21.4. The van der Waals surface area contributed by atoms with Gasteiger partial charge in [0.1, 0.15) is 12.4 Å². The lowest BCUT2D eigenvalue weighted by Gasteiger charge is -2.24. The van der Waals surface area contributed by atoms with E-state index in [9.17, 15) is 0 Å². The lowest BCUT2D eigenvalue weighted by molar-refractivity contribution is 0.121. The fraction of sp³-hybridized carbons (Fsp3) is 0.520. The van der Waals surface area contributed by atoms with Gasteiger partial charge >= 0.3 is 0 Å². The molecule has 1 aromatic carbocycles. The average Bonchev–Trinajstić information content (AvgIpc) is 3.44. The molecule has 2 aliphatic rings. The van der Waals surface area contributed by atoms with Crippen molar-refractivity contribution in [2.45, 2.75) is 25.8 Å². The third-order valence-corrected chi connectivity index (χ3v) is 6.46. The number of hydrogen-bond donors (Lipinski definition) is 0. The maximum absolute atomic E-state index is 6.21. The van der Waals surface area contributed by atoms with Gasteiger partial charge in [0.25, 0.3) is 0 Å². The quantitative estimate of drug-likeness (QED) is 0.542. The van der Waals surface area contributed by atoms with E-state index in [-0.39, 0.29) is 0 Å². The van der Waals surface area contributed by atoms with Crippen LogP contribution in [0.3, 0.4) is 0 Å². The molecule has 4 heterocycles. The summed E-state index contributed by atoms with van der Waals surface area (Å²) in [7, 11) is 0. The number of para-hydroxylation sites is 1. The van der Waals surface area contributed by atoms with E-state index in [0.29, 0.717) is 5.92 Å². The van der Waals surface area contributed by atoms with Gasteiger partial charge in [-0.3, -0.25) is 9.80 Å². The summed E-state index contributed by atoms with van der Waals surface area (Å²) in [6.45, 7) is 8.54. The van der Waals surface area contributed by atoms with Gasteiger partial charge in [-0.1, -0.05) is 18.2 Å². The zero-order chi connectivity index (χ0) is 21.6. The van der Waals surface area contributed by atoms with Gasteiger partial charge in [0.2, 0.25) is 0 Å². The molecule has 0 aliphatic carbocycles. The number of hydrogen-bond acceptors (Lipinski definition) is 6. The first-order valence-corrected chi connectivity index (χ1v) is 11.9. The number of aromatic nitrogens is 3. The van der Waals surface area contributed by atoms with Gasteiger partial charge < -0.3 is 9.47 Å². The van der Waals surface area contributed by atoms with E-state index >= 15 is 0 Å². The third-order valence-electron chi connectivity index (χ3n) is 6.46. The Bertz CT molecular complexity index is 1000. The summed E-state index contributed by atoms with van der Waals surface area (Å²) in [4.78, 5) is 9.28. The molecule has 1 atom stereocenters. The lowest BCUT2D eigenvalue weighted by atomic mass is 10.0. The fourth-order valence-corrected chi connectivity index (χ4v) is 4.79. The highest BCUT2D eigenvalue weighted by molar-refractivity contribution is 5.36. The van der Waals surface area contributed by atoms with Crippen LogP contribution in [-0.4, -0.2) is 76.9 Å². The van der Waals surface area contributed by atoms with Gasteiger partial charge in [0.05, 0.1) is 18.9 Å². The smallest absolute Gasteiger partial charge is 0.153 e. The van der Waals surface area contributed by atoms with Crippen molar-refractivity contribution in [2.75, 3.05) is 52.5 Å². The van der Waals surface area contributed by atoms with Crippen LogP contribution in [0.15, 0.2) is 48.8 Å². The Hall–Kier alpha value is -2.48. The molecule has 0 unspecified atom stereocenters. The zero-order valence-electron chi connectivity index (χ0n) is 18.7. The number of rotatable bonds is 8. The number of fused-ring (bicyclic) bond motifs is 1. The van der Waals surface area contributed by atoms with E-state index in [1.165, 1.54) is 31.5 Å². The third kappa shape index (κ3) is 5.46. The second kappa shape index (κ2) is 10.4. The molecular formula is C25H33N5O2. The van der Waals surface area contributed by atoms with Crippen LogP contribution in [0.2, 0.25) is 0 Å². The van der Waals surface area contributed by atoms with Crippen LogP contribution in [0.1, 0.15) is 24.1 Å². The van der Waals surface area contributed by atoms with Gasteiger partial charge in [-0.15, -0.1) is 0 Å². The van der Waals surface area contributed by atoms with Crippen LogP contribution in [0, 0.1) is 5.92 Å². The lowest BCUT2D eigenvalue weighted by Crippen LogP contribution is -2.31. The van der Waals surface area contributed by atoms with E-state index in [1.54, 1.807) is 6.20 Å². The second-order valence-electron chi connectivity index (χ2n) is 8.94. The van der Waals surface area contributed by atoms with Crippen molar-refractivity contribution in [3.63, 3.8) is 0 Å². The Morgan fingerprint density at radius 2 is 1.94 bits per heavy atom. The van der Waals surface area contributed by atoms with Gasteiger partial charge in [-0.2, -0.15) is 5.10 Å². The van der Waals surface area contributed by atoms with Crippen molar-refractivity contribution in [1.29, 1.82) is 0 Å². The molecular weight excluding hydrogens is 402 g/mol. The molecule has 32 heavy (non-hydrogen) atoms. The van der Waals surface area contributed by atoms with Crippen molar-refractivity contribution in [1.82, 2.24) is 24.4 Å². The van der Waals surface area contributed by atoms with Crippen molar-refractivity contribution in [3.05, 3.63) is 60.0 Å². The fourth-order valence-electron chi connectivity index (χ4n) is 4.79. The highest BCUT2D eigenvalue weighted by Gasteiger charge is 2.21. The van der Waals surface area contributed by atoms with E-state index in [2.05, 4.69) is 45.1 Å². The number of benzene rings is 1. The molecule has 5 rings (SSSR count). The zero-order valence-corrected chi connectivity index (χ0v) is 18.7. The normalized spacial score (nSPS) is 20.6. The van der Waals surface area contributed by atoms with Crippen molar-refractivity contribution in [3.8, 4) is 5.75 Å². The molecule has 0 bridgehead atoms. The Balaban J connectivity index is 1.19. The van der Waals surface area contributed by atoms with E-state index in [0.717, 1.165) is 69.5 Å². The summed E-state index contributed by atoms with van der Waals surface area (Å²) >= 11 is 0. The second-order valence-corrected chi connectivity index (χ2v) is 8.94. The molecule has 0 radical (unpaired) electrons. The van der Waals surface area contributed by atoms with Crippen LogP contribution < -0.4 is 4.74 Å². The van der Waals surface area contributed by atoms with E-state index in [1.807, 2.05) is 16.8 Å². The average molecular weight is 436 g/mol. The Morgan fingerprint density at radius 1 is 1.03 bits per heavy atom. The summed E-state index contributed by atoms with van der Waals surface area (Å²) < 4.78 is 14.0. The van der Waals surface area contributed by atoms with Crippen LogP contribution in [-0.2, 0) is 17.7 Å². The minimum atomic E-state index is 0.411. The van der Waals surface area contributed by atoms with Crippen LogP contribution in [0.5, 0.6) is 5.75 Å². The van der Waals surface area contributed by atoms with Crippen LogP contribution in [0.4, 0.5) is 0 Å². The summed E-state index contributed by atoms with van der Waals surface area (Å²) in [5, 5.41) is 4.71. The number of likely N-dealkylation sites (tertiary alicyclic amines) is 1.